The number of amides is 1. The first-order chi connectivity index (χ1) is 9.03. The SMILES string of the molecule is O=C1C(=O)N(S(=O)(=O)C2CCCN2)c2ccccc21. The molecule has 2 aliphatic rings. The number of carbonyl (C=O) groups is 2. The third-order valence-corrected chi connectivity index (χ3v) is 5.37. The van der Waals surface area contributed by atoms with Crippen LogP contribution in [0.25, 0.3) is 0 Å². The molecule has 3 rings (SSSR count). The second-order valence-electron chi connectivity index (χ2n) is 4.55. The third-order valence-electron chi connectivity index (χ3n) is 3.38. The molecule has 19 heavy (non-hydrogen) atoms. The molecule has 0 saturated carbocycles. The zero-order chi connectivity index (χ0) is 13.6. The van der Waals surface area contributed by atoms with Gasteiger partial charge in [0, 0.05) is 0 Å². The summed E-state index contributed by atoms with van der Waals surface area (Å²) in [6.07, 6.45) is 1.18. The summed E-state index contributed by atoms with van der Waals surface area (Å²) >= 11 is 0. The average molecular weight is 280 g/mol. The highest BCUT2D eigenvalue weighted by atomic mass is 32.2. The van der Waals surface area contributed by atoms with E-state index in [-0.39, 0.29) is 11.3 Å². The Balaban J connectivity index is 2.11. The minimum Gasteiger partial charge on any atom is -0.300 e. The summed E-state index contributed by atoms with van der Waals surface area (Å²) < 4.78 is 25.5. The molecule has 1 N–H and O–H groups in total. The maximum absolute atomic E-state index is 12.4. The number of Topliss-reactive ketones (excluding diaryl/α,β-unsaturated/α-hetero) is 1. The molecule has 7 heteroatoms. The molecule has 1 unspecified atom stereocenters. The normalized spacial score (nSPS) is 22.9. The molecule has 2 aliphatic heterocycles. The van der Waals surface area contributed by atoms with E-state index in [0.717, 1.165) is 6.42 Å². The van der Waals surface area contributed by atoms with Crippen molar-refractivity contribution in [3.63, 3.8) is 0 Å². The van der Waals surface area contributed by atoms with Gasteiger partial charge in [-0.1, -0.05) is 12.1 Å². The number of hydrogen-bond acceptors (Lipinski definition) is 5. The zero-order valence-electron chi connectivity index (χ0n) is 10.00. The van der Waals surface area contributed by atoms with Crippen molar-refractivity contribution in [3.8, 4) is 0 Å². The first-order valence-corrected chi connectivity index (χ1v) is 7.49. The van der Waals surface area contributed by atoms with Crippen molar-refractivity contribution in [3.05, 3.63) is 29.8 Å². The van der Waals surface area contributed by atoms with Crippen molar-refractivity contribution in [2.75, 3.05) is 10.8 Å². The van der Waals surface area contributed by atoms with Crippen molar-refractivity contribution in [1.29, 1.82) is 0 Å². The van der Waals surface area contributed by atoms with Crippen LogP contribution in [0, 0.1) is 0 Å². The van der Waals surface area contributed by atoms with E-state index < -0.39 is 27.1 Å². The highest BCUT2D eigenvalue weighted by molar-refractivity contribution is 7.94. The number of benzene rings is 1. The molecule has 1 aromatic carbocycles. The van der Waals surface area contributed by atoms with Crippen molar-refractivity contribution in [2.24, 2.45) is 0 Å². The van der Waals surface area contributed by atoms with Crippen molar-refractivity contribution in [2.45, 2.75) is 18.2 Å². The standard InChI is InChI=1S/C12H12N2O4S/c15-11-8-4-1-2-5-9(8)14(12(11)16)19(17,18)10-6-3-7-13-10/h1-2,4-5,10,13H,3,6-7H2. The van der Waals surface area contributed by atoms with Crippen molar-refractivity contribution in [1.82, 2.24) is 5.32 Å². The molecule has 1 atom stereocenters. The summed E-state index contributed by atoms with van der Waals surface area (Å²) in [7, 11) is -3.88. The van der Waals surface area contributed by atoms with Gasteiger partial charge in [-0.05, 0) is 31.5 Å². The van der Waals surface area contributed by atoms with Gasteiger partial charge in [0.15, 0.2) is 0 Å². The molecule has 0 bridgehead atoms. The van der Waals surface area contributed by atoms with Gasteiger partial charge in [0.25, 0.3) is 15.8 Å². The van der Waals surface area contributed by atoms with Crippen LogP contribution in [0.4, 0.5) is 5.69 Å². The Kier molecular flexibility index (Phi) is 2.68. The molecule has 2 heterocycles. The van der Waals surface area contributed by atoms with E-state index in [0.29, 0.717) is 17.3 Å². The van der Waals surface area contributed by atoms with Crippen LogP contribution in [-0.4, -0.2) is 32.0 Å². The Morgan fingerprint density at radius 2 is 1.95 bits per heavy atom. The zero-order valence-corrected chi connectivity index (χ0v) is 10.8. The van der Waals surface area contributed by atoms with Crippen LogP contribution in [0.15, 0.2) is 24.3 Å². The van der Waals surface area contributed by atoms with E-state index in [1.807, 2.05) is 0 Å². The predicted molar refractivity (Wildman–Crippen MR) is 68.2 cm³/mol. The molecule has 100 valence electrons. The number of rotatable bonds is 2. The fraction of sp³-hybridized carbons (Fsp3) is 0.333. The summed E-state index contributed by atoms with van der Waals surface area (Å²) in [6, 6.07) is 6.15. The molecule has 0 radical (unpaired) electrons. The highest BCUT2D eigenvalue weighted by Gasteiger charge is 2.46. The lowest BCUT2D eigenvalue weighted by molar-refractivity contribution is -0.113. The Morgan fingerprint density at radius 1 is 1.21 bits per heavy atom. The van der Waals surface area contributed by atoms with Crippen LogP contribution in [-0.2, 0) is 14.8 Å². The molecular formula is C12H12N2O4S. The third kappa shape index (κ3) is 1.69. The van der Waals surface area contributed by atoms with E-state index >= 15 is 0 Å². The maximum atomic E-state index is 12.4. The second kappa shape index (κ2) is 4.14. The molecule has 1 fully saturated rings. The summed E-state index contributed by atoms with van der Waals surface area (Å²) in [5.74, 6) is -1.76. The van der Waals surface area contributed by atoms with E-state index in [2.05, 4.69) is 5.32 Å². The van der Waals surface area contributed by atoms with Gasteiger partial charge < -0.3 is 0 Å². The topological polar surface area (TPSA) is 83.6 Å². The number of para-hydroxylation sites is 1. The molecule has 0 aliphatic carbocycles. The van der Waals surface area contributed by atoms with Gasteiger partial charge in [-0.3, -0.25) is 14.9 Å². The molecule has 6 nitrogen and oxygen atoms in total. The molecule has 0 aromatic heterocycles. The molecule has 1 saturated heterocycles. The molecule has 1 amide bonds. The van der Waals surface area contributed by atoms with Crippen LogP contribution in [0.1, 0.15) is 23.2 Å². The molecule has 1 aromatic rings. The van der Waals surface area contributed by atoms with E-state index in [4.69, 9.17) is 0 Å². The van der Waals surface area contributed by atoms with Gasteiger partial charge in [-0.2, -0.15) is 4.31 Å². The lowest BCUT2D eigenvalue weighted by Crippen LogP contribution is -2.45. The summed E-state index contributed by atoms with van der Waals surface area (Å²) in [4.78, 5) is 23.7. The monoisotopic (exact) mass is 280 g/mol. The van der Waals surface area contributed by atoms with Gasteiger partial charge in [0.1, 0.15) is 5.37 Å². The number of sulfonamides is 1. The van der Waals surface area contributed by atoms with Gasteiger partial charge >= 0.3 is 5.91 Å². The number of hydrogen-bond donors (Lipinski definition) is 1. The molecule has 0 spiro atoms. The van der Waals surface area contributed by atoms with E-state index in [1.165, 1.54) is 12.1 Å². The number of nitrogens with zero attached hydrogens (tertiary/aromatic N) is 1. The quantitative estimate of drug-likeness (QED) is 0.785. The molecular weight excluding hydrogens is 268 g/mol. The van der Waals surface area contributed by atoms with Crippen LogP contribution < -0.4 is 9.62 Å². The minimum atomic E-state index is -3.88. The van der Waals surface area contributed by atoms with Crippen molar-refractivity contribution < 1.29 is 18.0 Å². The predicted octanol–water partition coefficient (Wildman–Crippen LogP) is 0.255. The van der Waals surface area contributed by atoms with Gasteiger partial charge in [-0.25, -0.2) is 8.42 Å². The van der Waals surface area contributed by atoms with Crippen LogP contribution in [0.3, 0.4) is 0 Å². The summed E-state index contributed by atoms with van der Waals surface area (Å²) in [5, 5.41) is 2.05. The Morgan fingerprint density at radius 3 is 2.63 bits per heavy atom. The Labute approximate surface area is 110 Å². The largest absolute Gasteiger partial charge is 0.313 e. The number of fused-ring (bicyclic) bond motifs is 1. The van der Waals surface area contributed by atoms with Crippen LogP contribution in [0.5, 0.6) is 0 Å². The first-order valence-electron chi connectivity index (χ1n) is 5.98. The second-order valence-corrected chi connectivity index (χ2v) is 6.51. The van der Waals surface area contributed by atoms with Crippen LogP contribution in [0.2, 0.25) is 0 Å². The maximum Gasteiger partial charge on any atom is 0.313 e. The van der Waals surface area contributed by atoms with E-state index in [1.54, 1.807) is 12.1 Å². The fourth-order valence-electron chi connectivity index (χ4n) is 2.45. The average Bonchev–Trinajstić information content (AvgIpc) is 2.99. The number of ketones is 1. The minimum absolute atomic E-state index is 0.147. The smallest absolute Gasteiger partial charge is 0.300 e. The lowest BCUT2D eigenvalue weighted by Gasteiger charge is -2.21. The van der Waals surface area contributed by atoms with Gasteiger partial charge in [-0.15, -0.1) is 0 Å². The Hall–Kier alpha value is -1.73. The highest BCUT2D eigenvalue weighted by Crippen LogP contribution is 2.33. The van der Waals surface area contributed by atoms with Crippen molar-refractivity contribution >= 4 is 27.4 Å². The first kappa shape index (κ1) is 12.3. The number of carbonyl (C=O) groups excluding carboxylic acids is 2. The van der Waals surface area contributed by atoms with E-state index in [9.17, 15) is 18.0 Å². The van der Waals surface area contributed by atoms with Gasteiger partial charge in [0.2, 0.25) is 0 Å². The fourth-order valence-corrected chi connectivity index (χ4v) is 4.24. The van der Waals surface area contributed by atoms with Crippen LogP contribution >= 0.6 is 0 Å². The Bertz CT molecular complexity index is 662. The van der Waals surface area contributed by atoms with Gasteiger partial charge in [0.05, 0.1) is 11.3 Å². The summed E-state index contributed by atoms with van der Waals surface area (Å²) in [5.41, 5.74) is 0.306. The number of nitrogens with one attached hydrogen (secondary N) is 1. The lowest BCUT2D eigenvalue weighted by atomic mass is 10.1. The summed E-state index contributed by atoms with van der Waals surface area (Å²) in [6.45, 7) is 0.599. The number of anilines is 1.